The molecule has 1 heteroatoms. The molecule has 2 aromatic rings. The predicted molar refractivity (Wildman–Crippen MR) is 73.1 cm³/mol. The summed E-state index contributed by atoms with van der Waals surface area (Å²) in [5.41, 5.74) is 2.40. The number of hydrogen-bond acceptors (Lipinski definition) is 1. The molecule has 0 fully saturated rings. The van der Waals surface area contributed by atoms with Crippen molar-refractivity contribution >= 4 is 10.8 Å². The van der Waals surface area contributed by atoms with Gasteiger partial charge in [-0.15, -0.1) is 0 Å². The second-order valence-corrected chi connectivity index (χ2v) is 4.63. The average molecular weight is 228 g/mol. The van der Waals surface area contributed by atoms with E-state index in [4.69, 9.17) is 5.11 Å². The molecule has 90 valence electrons. The fourth-order valence-electron chi connectivity index (χ4n) is 2.18. The molecule has 0 saturated carbocycles. The number of unbranched alkanes of at least 4 members (excludes halogenated alkanes) is 2. The van der Waals surface area contributed by atoms with Crippen LogP contribution in [-0.2, 0) is 13.0 Å². The molecular weight excluding hydrogens is 208 g/mol. The van der Waals surface area contributed by atoms with E-state index in [0.717, 1.165) is 5.56 Å². The Kier molecular flexibility index (Phi) is 4.16. The summed E-state index contributed by atoms with van der Waals surface area (Å²) < 4.78 is 0. The minimum absolute atomic E-state index is 0.119. The predicted octanol–water partition coefficient (Wildman–Crippen LogP) is 4.06. The summed E-state index contributed by atoms with van der Waals surface area (Å²) in [4.78, 5) is 0. The molecule has 0 heterocycles. The highest BCUT2D eigenvalue weighted by Gasteiger charge is 1.98. The Bertz CT molecular complexity index is 488. The first-order chi connectivity index (χ1) is 8.33. The molecule has 0 spiro atoms. The molecule has 0 amide bonds. The van der Waals surface area contributed by atoms with Crippen molar-refractivity contribution in [2.45, 2.75) is 39.2 Å². The van der Waals surface area contributed by atoms with Crippen LogP contribution in [0.3, 0.4) is 0 Å². The molecule has 0 bridgehead atoms. The summed E-state index contributed by atoms with van der Waals surface area (Å²) in [5, 5.41) is 11.6. The van der Waals surface area contributed by atoms with Crippen LogP contribution in [0.25, 0.3) is 10.8 Å². The van der Waals surface area contributed by atoms with Crippen LogP contribution in [0, 0.1) is 0 Å². The third kappa shape index (κ3) is 3.07. The highest BCUT2D eigenvalue weighted by molar-refractivity contribution is 5.83. The molecule has 0 aliphatic carbocycles. The fraction of sp³-hybridized carbons (Fsp3) is 0.375. The van der Waals surface area contributed by atoms with E-state index in [1.54, 1.807) is 0 Å². The highest BCUT2D eigenvalue weighted by Crippen LogP contribution is 2.19. The van der Waals surface area contributed by atoms with Crippen LogP contribution in [0.1, 0.15) is 37.3 Å². The van der Waals surface area contributed by atoms with Gasteiger partial charge in [-0.1, -0.05) is 50.1 Å². The maximum Gasteiger partial charge on any atom is 0.0682 e. The Hall–Kier alpha value is -1.34. The molecule has 0 unspecified atom stereocenters. The minimum Gasteiger partial charge on any atom is -0.392 e. The molecule has 2 aromatic carbocycles. The Morgan fingerprint density at radius 3 is 2.18 bits per heavy atom. The standard InChI is InChI=1S/C16H20O/c1-2-3-4-5-13-6-8-16-11-14(12-17)7-9-15(16)10-13/h6-11,17H,2-5,12H2,1H3. The quantitative estimate of drug-likeness (QED) is 0.765. The third-order valence-corrected chi connectivity index (χ3v) is 3.22. The van der Waals surface area contributed by atoms with Crippen LogP contribution in [0.15, 0.2) is 36.4 Å². The van der Waals surface area contributed by atoms with Gasteiger partial charge in [0.1, 0.15) is 0 Å². The maximum absolute atomic E-state index is 9.09. The number of hydrogen-bond donors (Lipinski definition) is 1. The summed E-state index contributed by atoms with van der Waals surface area (Å²) in [6.45, 7) is 2.35. The maximum atomic E-state index is 9.09. The number of aryl methyl sites for hydroxylation is 1. The van der Waals surface area contributed by atoms with Gasteiger partial charge in [0.05, 0.1) is 6.61 Å². The second kappa shape index (κ2) is 5.83. The van der Waals surface area contributed by atoms with Crippen LogP contribution in [0.5, 0.6) is 0 Å². The number of benzene rings is 2. The molecule has 0 saturated heterocycles. The van der Waals surface area contributed by atoms with E-state index in [9.17, 15) is 0 Å². The lowest BCUT2D eigenvalue weighted by molar-refractivity contribution is 0.282. The number of aliphatic hydroxyl groups excluding tert-OH is 1. The summed E-state index contributed by atoms with van der Waals surface area (Å²) in [7, 11) is 0. The minimum atomic E-state index is 0.119. The van der Waals surface area contributed by atoms with Gasteiger partial charge in [0.15, 0.2) is 0 Å². The Balaban J connectivity index is 2.19. The van der Waals surface area contributed by atoms with Crippen molar-refractivity contribution in [3.05, 3.63) is 47.5 Å². The van der Waals surface area contributed by atoms with Gasteiger partial charge in [0, 0.05) is 0 Å². The van der Waals surface area contributed by atoms with E-state index in [1.165, 1.54) is 42.0 Å². The van der Waals surface area contributed by atoms with Gasteiger partial charge in [0.2, 0.25) is 0 Å². The molecule has 17 heavy (non-hydrogen) atoms. The van der Waals surface area contributed by atoms with E-state index in [0.29, 0.717) is 0 Å². The lowest BCUT2D eigenvalue weighted by Crippen LogP contribution is -1.87. The highest BCUT2D eigenvalue weighted by atomic mass is 16.3. The average Bonchev–Trinajstić information content (AvgIpc) is 2.38. The number of aliphatic hydroxyl groups is 1. The van der Waals surface area contributed by atoms with Crippen molar-refractivity contribution in [3.8, 4) is 0 Å². The first-order valence-corrected chi connectivity index (χ1v) is 6.46. The van der Waals surface area contributed by atoms with E-state index >= 15 is 0 Å². The summed E-state index contributed by atoms with van der Waals surface area (Å²) in [5.74, 6) is 0. The lowest BCUT2D eigenvalue weighted by atomic mass is 10.0. The zero-order chi connectivity index (χ0) is 12.1. The molecule has 0 aromatic heterocycles. The molecule has 1 nitrogen and oxygen atoms in total. The monoisotopic (exact) mass is 228 g/mol. The Labute approximate surface area is 103 Å². The lowest BCUT2D eigenvalue weighted by Gasteiger charge is -2.05. The molecule has 0 aliphatic rings. The van der Waals surface area contributed by atoms with Crippen molar-refractivity contribution in [1.82, 2.24) is 0 Å². The normalized spacial score (nSPS) is 10.9. The van der Waals surface area contributed by atoms with Gasteiger partial charge >= 0.3 is 0 Å². The van der Waals surface area contributed by atoms with Crippen molar-refractivity contribution in [3.63, 3.8) is 0 Å². The summed E-state index contributed by atoms with van der Waals surface area (Å²) in [6.07, 6.45) is 5.02. The van der Waals surface area contributed by atoms with Crippen LogP contribution in [-0.4, -0.2) is 5.11 Å². The van der Waals surface area contributed by atoms with Crippen LogP contribution >= 0.6 is 0 Å². The number of rotatable bonds is 5. The fourth-order valence-corrected chi connectivity index (χ4v) is 2.18. The molecule has 1 N–H and O–H groups in total. The van der Waals surface area contributed by atoms with Crippen molar-refractivity contribution in [1.29, 1.82) is 0 Å². The molecular formula is C16H20O. The van der Waals surface area contributed by atoms with Crippen LogP contribution in [0.4, 0.5) is 0 Å². The zero-order valence-corrected chi connectivity index (χ0v) is 10.4. The van der Waals surface area contributed by atoms with Crippen LogP contribution < -0.4 is 0 Å². The SMILES string of the molecule is CCCCCc1ccc2cc(CO)ccc2c1. The molecule has 0 radical (unpaired) electrons. The summed E-state index contributed by atoms with van der Waals surface area (Å²) >= 11 is 0. The van der Waals surface area contributed by atoms with Gasteiger partial charge in [-0.3, -0.25) is 0 Å². The van der Waals surface area contributed by atoms with E-state index in [1.807, 2.05) is 6.07 Å². The molecule has 0 aliphatic heterocycles. The van der Waals surface area contributed by atoms with E-state index < -0.39 is 0 Å². The van der Waals surface area contributed by atoms with E-state index in [2.05, 4.69) is 37.3 Å². The molecule has 0 atom stereocenters. The topological polar surface area (TPSA) is 20.2 Å². The van der Waals surface area contributed by atoms with Gasteiger partial charge in [-0.25, -0.2) is 0 Å². The van der Waals surface area contributed by atoms with Gasteiger partial charge in [0.25, 0.3) is 0 Å². The van der Waals surface area contributed by atoms with Gasteiger partial charge in [-0.05, 0) is 40.8 Å². The van der Waals surface area contributed by atoms with Crippen molar-refractivity contribution in [2.24, 2.45) is 0 Å². The number of fused-ring (bicyclic) bond motifs is 1. The molecule has 2 rings (SSSR count). The van der Waals surface area contributed by atoms with Crippen LogP contribution in [0.2, 0.25) is 0 Å². The van der Waals surface area contributed by atoms with Crippen molar-refractivity contribution in [2.75, 3.05) is 0 Å². The van der Waals surface area contributed by atoms with Gasteiger partial charge in [-0.2, -0.15) is 0 Å². The van der Waals surface area contributed by atoms with Crippen molar-refractivity contribution < 1.29 is 5.11 Å². The first-order valence-electron chi connectivity index (χ1n) is 6.46. The zero-order valence-electron chi connectivity index (χ0n) is 10.4. The first kappa shape index (κ1) is 12.1. The van der Waals surface area contributed by atoms with Gasteiger partial charge < -0.3 is 5.11 Å². The third-order valence-electron chi connectivity index (χ3n) is 3.22. The summed E-state index contributed by atoms with van der Waals surface area (Å²) in [6, 6.07) is 12.8. The Morgan fingerprint density at radius 2 is 1.53 bits per heavy atom. The second-order valence-electron chi connectivity index (χ2n) is 4.63. The smallest absolute Gasteiger partial charge is 0.0682 e. The largest absolute Gasteiger partial charge is 0.392 e. The Morgan fingerprint density at radius 1 is 0.882 bits per heavy atom. The van der Waals surface area contributed by atoms with E-state index in [-0.39, 0.29) is 6.61 Å².